The lowest BCUT2D eigenvalue weighted by Gasteiger charge is -2.31. The second-order valence-electron chi connectivity index (χ2n) is 7.43. The first-order valence-corrected chi connectivity index (χ1v) is 9.75. The third-order valence-corrected chi connectivity index (χ3v) is 5.34. The van der Waals surface area contributed by atoms with Gasteiger partial charge in [0.1, 0.15) is 0 Å². The molecule has 2 aromatic carbocycles. The van der Waals surface area contributed by atoms with Gasteiger partial charge in [0.15, 0.2) is 0 Å². The predicted molar refractivity (Wildman–Crippen MR) is 110 cm³/mol. The molecule has 2 aromatic rings. The second kappa shape index (κ2) is 7.61. The Labute approximate surface area is 160 Å². The molecule has 1 heterocycles. The highest BCUT2D eigenvalue weighted by atomic mass is 16.5. The highest BCUT2D eigenvalue weighted by Gasteiger charge is 2.27. The molecule has 1 amide bonds. The van der Waals surface area contributed by atoms with Gasteiger partial charge in [-0.2, -0.15) is 0 Å². The molecule has 0 aromatic heterocycles. The first-order chi connectivity index (χ1) is 13.2. The molecule has 4 rings (SSSR count). The first-order valence-electron chi connectivity index (χ1n) is 9.75. The minimum absolute atomic E-state index is 0.322. The van der Waals surface area contributed by atoms with Crippen molar-refractivity contribution in [2.75, 3.05) is 25.1 Å². The zero-order valence-electron chi connectivity index (χ0n) is 16.0. The van der Waals surface area contributed by atoms with E-state index in [2.05, 4.69) is 69.8 Å². The monoisotopic (exact) mass is 365 g/mol. The molecule has 2 bridgehead atoms. The van der Waals surface area contributed by atoms with Gasteiger partial charge in [-0.15, -0.1) is 0 Å². The lowest BCUT2D eigenvalue weighted by molar-refractivity contribution is 0.171. The summed E-state index contributed by atoms with van der Waals surface area (Å²) in [6.45, 7) is 3.69. The number of fused-ring (bicyclic) bond motifs is 4. The number of amides is 1. The molecule has 27 heavy (non-hydrogen) atoms. The summed E-state index contributed by atoms with van der Waals surface area (Å²) in [6, 6.07) is 14.1. The molecule has 1 atom stereocenters. The summed E-state index contributed by atoms with van der Waals surface area (Å²) >= 11 is 0. The fourth-order valence-electron chi connectivity index (χ4n) is 3.76. The number of rotatable bonds is 7. The lowest BCUT2D eigenvalue weighted by Crippen LogP contribution is -2.33. The highest BCUT2D eigenvalue weighted by molar-refractivity contribution is 6.00. The molecule has 1 saturated carbocycles. The third kappa shape index (κ3) is 3.93. The SMILES string of the molecule is COC(=O)NCCCN1C=C(C(C)NC2CC2)c2cc1c1ccccc1c2. The summed E-state index contributed by atoms with van der Waals surface area (Å²) in [5, 5.41) is 9.02. The molecule has 142 valence electrons. The van der Waals surface area contributed by atoms with Crippen LogP contribution in [-0.4, -0.2) is 38.4 Å². The van der Waals surface area contributed by atoms with Gasteiger partial charge in [-0.25, -0.2) is 4.79 Å². The van der Waals surface area contributed by atoms with Crippen LogP contribution < -0.4 is 15.5 Å². The van der Waals surface area contributed by atoms with E-state index in [-0.39, 0.29) is 6.09 Å². The molecular formula is C22H27N3O2. The van der Waals surface area contributed by atoms with E-state index in [1.54, 1.807) is 0 Å². The summed E-state index contributed by atoms with van der Waals surface area (Å²) in [5.74, 6) is 0. The number of carbonyl (C=O) groups excluding carboxylic acids is 1. The van der Waals surface area contributed by atoms with Crippen molar-refractivity contribution in [3.63, 3.8) is 0 Å². The van der Waals surface area contributed by atoms with Crippen molar-refractivity contribution in [1.82, 2.24) is 10.6 Å². The number of nitrogens with one attached hydrogen (secondary N) is 2. The summed E-state index contributed by atoms with van der Waals surface area (Å²) in [7, 11) is 1.39. The standard InChI is InChI=1S/C22H27N3O2/c1-15(24-18-8-9-18)20-14-25(11-5-10-23-22(26)27-2)21-13-17(20)12-16-6-3-4-7-19(16)21/h3-4,6-7,12-15,18,24H,5,8-11H2,1-2H3,(H,23,26). The van der Waals surface area contributed by atoms with Crippen molar-refractivity contribution in [2.45, 2.75) is 38.3 Å². The molecule has 0 saturated heterocycles. The van der Waals surface area contributed by atoms with Crippen LogP contribution in [0.1, 0.15) is 31.7 Å². The average molecular weight is 365 g/mol. The fraction of sp³-hybridized carbons (Fsp3) is 0.409. The fourth-order valence-corrected chi connectivity index (χ4v) is 3.76. The summed E-state index contributed by atoms with van der Waals surface area (Å²) in [6.07, 6.45) is 5.32. The maximum atomic E-state index is 11.3. The van der Waals surface area contributed by atoms with Crippen LogP contribution in [0.3, 0.4) is 0 Å². The third-order valence-electron chi connectivity index (χ3n) is 5.34. The van der Waals surface area contributed by atoms with Crippen LogP contribution in [0.4, 0.5) is 10.5 Å². The smallest absolute Gasteiger partial charge is 0.406 e. The molecule has 5 nitrogen and oxygen atoms in total. The van der Waals surface area contributed by atoms with Crippen LogP contribution >= 0.6 is 0 Å². The maximum absolute atomic E-state index is 11.3. The Balaban J connectivity index is 1.58. The van der Waals surface area contributed by atoms with E-state index in [9.17, 15) is 4.79 Å². The van der Waals surface area contributed by atoms with E-state index in [1.807, 2.05) is 0 Å². The van der Waals surface area contributed by atoms with E-state index >= 15 is 0 Å². The molecule has 0 spiro atoms. The molecular weight excluding hydrogens is 338 g/mol. The number of benzene rings is 2. The molecule has 1 aliphatic carbocycles. The number of carbonyl (C=O) groups is 1. The van der Waals surface area contributed by atoms with Gasteiger partial charge in [-0.05, 0) is 54.8 Å². The topological polar surface area (TPSA) is 53.6 Å². The van der Waals surface area contributed by atoms with Gasteiger partial charge >= 0.3 is 6.09 Å². The highest BCUT2D eigenvalue weighted by Crippen LogP contribution is 2.37. The first kappa shape index (κ1) is 17.9. The lowest BCUT2D eigenvalue weighted by atomic mass is 9.93. The van der Waals surface area contributed by atoms with E-state index < -0.39 is 0 Å². The van der Waals surface area contributed by atoms with E-state index in [1.165, 1.54) is 47.5 Å². The zero-order valence-corrected chi connectivity index (χ0v) is 16.0. The van der Waals surface area contributed by atoms with Crippen molar-refractivity contribution in [1.29, 1.82) is 0 Å². The second-order valence-corrected chi connectivity index (χ2v) is 7.43. The molecule has 1 unspecified atom stereocenters. The quantitative estimate of drug-likeness (QED) is 0.731. The van der Waals surface area contributed by atoms with Crippen LogP contribution in [0.2, 0.25) is 0 Å². The van der Waals surface area contributed by atoms with Gasteiger partial charge in [0, 0.05) is 42.4 Å². The Morgan fingerprint density at radius 1 is 1.30 bits per heavy atom. The Hall–Kier alpha value is -2.53. The Morgan fingerprint density at radius 2 is 2.11 bits per heavy atom. The van der Waals surface area contributed by atoms with Gasteiger partial charge in [0.25, 0.3) is 0 Å². The minimum Gasteiger partial charge on any atom is -0.453 e. The zero-order chi connectivity index (χ0) is 18.8. The van der Waals surface area contributed by atoms with Gasteiger partial charge in [0.05, 0.1) is 7.11 Å². The van der Waals surface area contributed by atoms with Crippen molar-refractivity contribution in [3.8, 4) is 0 Å². The average Bonchev–Trinajstić information content (AvgIpc) is 3.50. The number of nitrogens with zero attached hydrogens (tertiary/aromatic N) is 1. The van der Waals surface area contributed by atoms with E-state index in [4.69, 9.17) is 0 Å². The maximum Gasteiger partial charge on any atom is 0.406 e. The van der Waals surface area contributed by atoms with Crippen molar-refractivity contribution >= 4 is 28.1 Å². The van der Waals surface area contributed by atoms with Crippen LogP contribution in [0, 0.1) is 0 Å². The normalized spacial score (nSPS) is 16.8. The summed E-state index contributed by atoms with van der Waals surface area (Å²) in [4.78, 5) is 13.6. The van der Waals surface area contributed by atoms with E-state index in [0.717, 1.165) is 13.0 Å². The molecule has 2 N–H and O–H groups in total. The van der Waals surface area contributed by atoms with Gasteiger partial charge < -0.3 is 20.3 Å². The van der Waals surface area contributed by atoms with Gasteiger partial charge in [0.2, 0.25) is 0 Å². The number of methoxy groups -OCH3 is 1. The Morgan fingerprint density at radius 3 is 2.89 bits per heavy atom. The molecule has 0 radical (unpaired) electrons. The summed E-state index contributed by atoms with van der Waals surface area (Å²) < 4.78 is 4.64. The van der Waals surface area contributed by atoms with Gasteiger partial charge in [-0.1, -0.05) is 24.3 Å². The minimum atomic E-state index is -0.375. The number of hydrogen-bond acceptors (Lipinski definition) is 4. The number of anilines is 1. The number of hydrogen-bond donors (Lipinski definition) is 2. The molecule has 1 aliphatic heterocycles. The van der Waals surface area contributed by atoms with Crippen molar-refractivity contribution < 1.29 is 9.53 Å². The van der Waals surface area contributed by atoms with Crippen LogP contribution in [0.5, 0.6) is 0 Å². The molecule has 5 heteroatoms. The van der Waals surface area contributed by atoms with E-state index in [0.29, 0.717) is 18.6 Å². The Bertz CT molecular complexity index is 873. The number of alkyl carbamates (subject to hydrolysis) is 1. The van der Waals surface area contributed by atoms with Gasteiger partial charge in [-0.3, -0.25) is 0 Å². The summed E-state index contributed by atoms with van der Waals surface area (Å²) in [5.41, 5.74) is 3.87. The molecule has 1 fully saturated rings. The van der Waals surface area contributed by atoms with Crippen LogP contribution in [-0.2, 0) is 4.74 Å². The Kier molecular flexibility index (Phi) is 5.03. The predicted octanol–water partition coefficient (Wildman–Crippen LogP) is 3.89. The molecule has 2 aliphatic rings. The largest absolute Gasteiger partial charge is 0.453 e. The van der Waals surface area contributed by atoms with Crippen molar-refractivity contribution in [2.24, 2.45) is 0 Å². The number of ether oxygens (including phenoxy) is 1. The van der Waals surface area contributed by atoms with Crippen molar-refractivity contribution in [3.05, 3.63) is 48.2 Å². The van der Waals surface area contributed by atoms with Crippen LogP contribution in [0.25, 0.3) is 16.3 Å². The van der Waals surface area contributed by atoms with Crippen LogP contribution in [0.15, 0.2) is 42.6 Å².